The zero-order valence-electron chi connectivity index (χ0n) is 12.9. The molecule has 1 atom stereocenters. The van der Waals surface area contributed by atoms with Gasteiger partial charge < -0.3 is 5.32 Å². The van der Waals surface area contributed by atoms with Crippen molar-refractivity contribution in [2.24, 2.45) is 0 Å². The van der Waals surface area contributed by atoms with E-state index in [0.29, 0.717) is 5.56 Å². The second kappa shape index (κ2) is 7.79. The molecule has 4 heteroatoms. The van der Waals surface area contributed by atoms with Crippen molar-refractivity contribution in [1.82, 2.24) is 5.32 Å². The van der Waals surface area contributed by atoms with E-state index in [4.69, 9.17) is 0 Å². The smallest absolute Gasteiger partial charge is 0.252 e. The van der Waals surface area contributed by atoms with Crippen molar-refractivity contribution in [2.75, 3.05) is 0 Å². The fourth-order valence-electron chi connectivity index (χ4n) is 2.25. The minimum Gasteiger partial charge on any atom is -0.336 e. The number of hydrogen-bond donors (Lipinski definition) is 1. The van der Waals surface area contributed by atoms with Crippen molar-refractivity contribution in [3.05, 3.63) is 102 Å². The van der Waals surface area contributed by atoms with Gasteiger partial charge in [0, 0.05) is 10.5 Å². The van der Waals surface area contributed by atoms with Gasteiger partial charge in [-0.1, -0.05) is 60.3 Å². The average Bonchev–Trinajstić information content (AvgIpc) is 2.63. The van der Waals surface area contributed by atoms with E-state index in [1.165, 1.54) is 23.9 Å². The molecule has 0 saturated heterocycles. The van der Waals surface area contributed by atoms with Crippen LogP contribution >= 0.6 is 11.8 Å². The molecule has 3 aromatic rings. The molecule has 0 saturated carbocycles. The van der Waals surface area contributed by atoms with Crippen LogP contribution in [0.5, 0.6) is 0 Å². The summed E-state index contributed by atoms with van der Waals surface area (Å²) in [6, 6.07) is 25.1. The van der Waals surface area contributed by atoms with E-state index in [0.717, 1.165) is 10.5 Å². The quantitative estimate of drug-likeness (QED) is 0.521. The summed E-state index contributed by atoms with van der Waals surface area (Å²) < 4.78 is 13.2. The van der Waals surface area contributed by atoms with Crippen LogP contribution in [0.25, 0.3) is 0 Å². The fourth-order valence-corrected chi connectivity index (χ4v) is 3.29. The maximum absolute atomic E-state index is 13.2. The Kier molecular flexibility index (Phi) is 5.29. The molecule has 0 bridgehead atoms. The van der Waals surface area contributed by atoms with Gasteiger partial charge in [0.1, 0.15) is 11.2 Å². The van der Waals surface area contributed by atoms with Gasteiger partial charge in [-0.2, -0.15) is 0 Å². The van der Waals surface area contributed by atoms with E-state index in [1.807, 2.05) is 48.5 Å². The van der Waals surface area contributed by atoms with Crippen LogP contribution in [0, 0.1) is 5.82 Å². The summed E-state index contributed by atoms with van der Waals surface area (Å²) in [5.74, 6) is -0.454. The second-order valence-electron chi connectivity index (χ2n) is 5.20. The van der Waals surface area contributed by atoms with Crippen molar-refractivity contribution < 1.29 is 9.18 Å². The molecule has 0 aliphatic carbocycles. The highest BCUT2D eigenvalue weighted by atomic mass is 32.2. The maximum atomic E-state index is 13.2. The normalized spacial score (nSPS) is 11.7. The van der Waals surface area contributed by atoms with Crippen LogP contribution in [0.3, 0.4) is 0 Å². The van der Waals surface area contributed by atoms with Gasteiger partial charge in [0.25, 0.3) is 5.91 Å². The molecule has 1 N–H and O–H groups in total. The molecule has 24 heavy (non-hydrogen) atoms. The van der Waals surface area contributed by atoms with Crippen LogP contribution in [-0.4, -0.2) is 5.91 Å². The van der Waals surface area contributed by atoms with Gasteiger partial charge in [-0.3, -0.25) is 4.79 Å². The van der Waals surface area contributed by atoms with E-state index >= 15 is 0 Å². The summed E-state index contributed by atoms with van der Waals surface area (Å²) in [5, 5.41) is 2.71. The molecular weight excluding hydrogens is 321 g/mol. The third-order valence-corrected chi connectivity index (χ3v) is 4.64. The summed E-state index contributed by atoms with van der Waals surface area (Å²) in [4.78, 5) is 13.5. The number of benzene rings is 3. The van der Waals surface area contributed by atoms with E-state index in [9.17, 15) is 9.18 Å². The molecule has 0 fully saturated rings. The molecule has 0 unspecified atom stereocenters. The minimum atomic E-state index is -0.305. The lowest BCUT2D eigenvalue weighted by Gasteiger charge is -2.19. The summed E-state index contributed by atoms with van der Waals surface area (Å²) in [5.41, 5.74) is 1.44. The Morgan fingerprint density at radius 1 is 0.833 bits per heavy atom. The number of carbonyl (C=O) groups is 1. The Labute approximate surface area is 144 Å². The molecule has 0 heterocycles. The Bertz CT molecular complexity index is 791. The molecule has 2 nitrogen and oxygen atoms in total. The van der Waals surface area contributed by atoms with Gasteiger partial charge in [-0.05, 0) is 42.0 Å². The van der Waals surface area contributed by atoms with Crippen LogP contribution in [0.1, 0.15) is 21.3 Å². The van der Waals surface area contributed by atoms with Gasteiger partial charge in [-0.15, -0.1) is 0 Å². The molecule has 120 valence electrons. The first-order valence-corrected chi connectivity index (χ1v) is 8.43. The topological polar surface area (TPSA) is 29.1 Å². The number of amides is 1. The van der Waals surface area contributed by atoms with Gasteiger partial charge in [0.15, 0.2) is 0 Å². The Balaban J connectivity index is 1.84. The highest BCUT2D eigenvalue weighted by molar-refractivity contribution is 7.99. The number of nitrogens with one attached hydrogen (secondary N) is 1. The van der Waals surface area contributed by atoms with Crippen LogP contribution in [0.15, 0.2) is 89.8 Å². The largest absolute Gasteiger partial charge is 0.336 e. The molecule has 0 spiro atoms. The van der Waals surface area contributed by atoms with Crippen molar-refractivity contribution in [3.63, 3.8) is 0 Å². The minimum absolute atomic E-state index is 0.159. The van der Waals surface area contributed by atoms with Crippen LogP contribution < -0.4 is 5.32 Å². The lowest BCUT2D eigenvalue weighted by atomic mass is 10.2. The summed E-state index contributed by atoms with van der Waals surface area (Å²) in [7, 11) is 0. The van der Waals surface area contributed by atoms with Crippen LogP contribution in [0.4, 0.5) is 4.39 Å². The molecule has 0 aliphatic heterocycles. The van der Waals surface area contributed by atoms with Crippen molar-refractivity contribution in [2.45, 2.75) is 10.3 Å². The fraction of sp³-hybridized carbons (Fsp3) is 0.0500. The molecule has 0 aliphatic rings. The molecule has 0 radical (unpaired) electrons. The predicted molar refractivity (Wildman–Crippen MR) is 95.3 cm³/mol. The zero-order chi connectivity index (χ0) is 16.8. The lowest BCUT2D eigenvalue weighted by Crippen LogP contribution is -2.26. The maximum Gasteiger partial charge on any atom is 0.252 e. The van der Waals surface area contributed by atoms with Crippen LogP contribution in [-0.2, 0) is 0 Å². The van der Waals surface area contributed by atoms with E-state index < -0.39 is 0 Å². The summed E-state index contributed by atoms with van der Waals surface area (Å²) >= 11 is 1.52. The Hall–Kier alpha value is -2.59. The standard InChI is InChI=1S/C20H16FNOS/c21-17-13-11-16(12-14-17)20(24-18-9-5-2-6-10-18)22-19(23)15-7-3-1-4-8-15/h1-14,20H,(H,22,23)/t20-/m0/s1. The summed E-state index contributed by atoms with van der Waals surface area (Å²) in [6.07, 6.45) is 0. The van der Waals surface area contributed by atoms with E-state index in [-0.39, 0.29) is 17.1 Å². The average molecular weight is 337 g/mol. The van der Waals surface area contributed by atoms with Gasteiger partial charge >= 0.3 is 0 Å². The van der Waals surface area contributed by atoms with E-state index in [1.54, 1.807) is 24.3 Å². The Morgan fingerprint density at radius 3 is 2.04 bits per heavy atom. The first-order valence-electron chi connectivity index (χ1n) is 7.55. The highest BCUT2D eigenvalue weighted by Crippen LogP contribution is 2.33. The first kappa shape index (κ1) is 16.3. The molecular formula is C20H16FNOS. The summed E-state index contributed by atoms with van der Waals surface area (Å²) in [6.45, 7) is 0. The third kappa shape index (κ3) is 4.24. The van der Waals surface area contributed by atoms with Crippen LogP contribution in [0.2, 0.25) is 0 Å². The van der Waals surface area contributed by atoms with E-state index in [2.05, 4.69) is 5.32 Å². The molecule has 3 rings (SSSR count). The van der Waals surface area contributed by atoms with Crippen molar-refractivity contribution in [1.29, 1.82) is 0 Å². The number of rotatable bonds is 5. The molecule has 1 amide bonds. The van der Waals surface area contributed by atoms with Gasteiger partial charge in [-0.25, -0.2) is 4.39 Å². The second-order valence-corrected chi connectivity index (χ2v) is 6.38. The number of halogens is 1. The third-order valence-electron chi connectivity index (χ3n) is 3.47. The molecule has 0 aromatic heterocycles. The van der Waals surface area contributed by atoms with Crippen molar-refractivity contribution in [3.8, 4) is 0 Å². The van der Waals surface area contributed by atoms with Gasteiger partial charge in [0.05, 0.1) is 0 Å². The lowest BCUT2D eigenvalue weighted by molar-refractivity contribution is 0.0949. The number of thioether (sulfide) groups is 1. The number of hydrogen-bond acceptors (Lipinski definition) is 2. The highest BCUT2D eigenvalue weighted by Gasteiger charge is 2.17. The monoisotopic (exact) mass is 337 g/mol. The number of carbonyl (C=O) groups excluding carboxylic acids is 1. The Morgan fingerprint density at radius 2 is 1.42 bits per heavy atom. The predicted octanol–water partition coefficient (Wildman–Crippen LogP) is 5.05. The SMILES string of the molecule is O=C(N[C@@H](Sc1ccccc1)c1ccc(F)cc1)c1ccccc1. The molecule has 3 aromatic carbocycles. The van der Waals surface area contributed by atoms with Crippen molar-refractivity contribution >= 4 is 17.7 Å². The zero-order valence-corrected chi connectivity index (χ0v) is 13.7. The van der Waals surface area contributed by atoms with Gasteiger partial charge in [0.2, 0.25) is 0 Å². The first-order chi connectivity index (χ1) is 11.7.